The van der Waals surface area contributed by atoms with Crippen LogP contribution in [0.5, 0.6) is 0 Å². The van der Waals surface area contributed by atoms with Gasteiger partial charge >= 0.3 is 0 Å². The maximum absolute atomic E-state index is 6.27. The van der Waals surface area contributed by atoms with Crippen LogP contribution in [0.1, 0.15) is 26.0 Å². The Kier molecular flexibility index (Phi) is 4.57. The van der Waals surface area contributed by atoms with Crippen molar-refractivity contribution in [1.82, 2.24) is 14.8 Å². The molecule has 0 amide bonds. The van der Waals surface area contributed by atoms with E-state index in [1.807, 2.05) is 12.3 Å². The number of aromatic nitrogens is 1. The molecule has 116 valence electrons. The average Bonchev–Trinajstić information content (AvgIpc) is 2.97. The lowest BCUT2D eigenvalue weighted by atomic mass is 10.0. The summed E-state index contributed by atoms with van der Waals surface area (Å²) in [4.78, 5) is 9.29. The van der Waals surface area contributed by atoms with E-state index in [4.69, 9.17) is 4.74 Å². The van der Waals surface area contributed by atoms with Crippen LogP contribution < -0.4 is 0 Å². The molecule has 0 aromatic carbocycles. The lowest BCUT2D eigenvalue weighted by Crippen LogP contribution is -2.35. The Morgan fingerprint density at radius 1 is 1.38 bits per heavy atom. The minimum atomic E-state index is 0.421. The Balaban J connectivity index is 1.48. The van der Waals surface area contributed by atoms with Gasteiger partial charge in [-0.05, 0) is 39.4 Å². The van der Waals surface area contributed by atoms with Crippen LogP contribution in [0.4, 0.5) is 0 Å². The van der Waals surface area contributed by atoms with Gasteiger partial charge in [0.05, 0.1) is 17.9 Å². The molecular formula is C17H27N3O. The van der Waals surface area contributed by atoms with E-state index in [9.17, 15) is 0 Å². The fraction of sp³-hybridized carbons (Fsp3) is 0.706. The maximum Gasteiger partial charge on any atom is 0.0747 e. The van der Waals surface area contributed by atoms with Crippen molar-refractivity contribution in [3.8, 4) is 0 Å². The summed E-state index contributed by atoms with van der Waals surface area (Å²) in [5, 5.41) is 0. The Morgan fingerprint density at radius 3 is 2.90 bits per heavy atom. The summed E-state index contributed by atoms with van der Waals surface area (Å²) in [5.74, 6) is 0.708. The molecule has 0 N–H and O–H groups in total. The zero-order chi connectivity index (χ0) is 14.8. The number of ether oxygens (including phenoxy) is 1. The summed E-state index contributed by atoms with van der Waals surface area (Å²) >= 11 is 0. The molecular weight excluding hydrogens is 262 g/mol. The predicted octanol–water partition coefficient (Wildman–Crippen LogP) is 2.01. The molecule has 1 aromatic heterocycles. The Labute approximate surface area is 128 Å². The van der Waals surface area contributed by atoms with Crippen molar-refractivity contribution in [2.75, 3.05) is 26.7 Å². The molecule has 21 heavy (non-hydrogen) atoms. The van der Waals surface area contributed by atoms with Crippen LogP contribution in [0.15, 0.2) is 24.4 Å². The van der Waals surface area contributed by atoms with E-state index in [0.717, 1.165) is 31.9 Å². The summed E-state index contributed by atoms with van der Waals surface area (Å²) < 4.78 is 6.27. The van der Waals surface area contributed by atoms with Gasteiger partial charge in [0, 0.05) is 44.3 Å². The van der Waals surface area contributed by atoms with Gasteiger partial charge in [-0.15, -0.1) is 0 Å². The van der Waals surface area contributed by atoms with Crippen LogP contribution in [0.2, 0.25) is 0 Å². The molecule has 1 aromatic rings. The second-order valence-electron chi connectivity index (χ2n) is 6.84. The van der Waals surface area contributed by atoms with Crippen LogP contribution in [-0.2, 0) is 11.3 Å². The molecule has 0 unspecified atom stereocenters. The number of likely N-dealkylation sites (tertiary alicyclic amines) is 1. The minimum Gasteiger partial charge on any atom is -0.372 e. The van der Waals surface area contributed by atoms with Crippen LogP contribution in [0.3, 0.4) is 0 Å². The topological polar surface area (TPSA) is 28.6 Å². The van der Waals surface area contributed by atoms with Crippen molar-refractivity contribution in [2.24, 2.45) is 5.92 Å². The molecule has 0 aliphatic carbocycles. The molecule has 0 bridgehead atoms. The van der Waals surface area contributed by atoms with E-state index in [2.05, 4.69) is 47.8 Å². The molecule has 0 saturated carbocycles. The summed E-state index contributed by atoms with van der Waals surface area (Å²) in [6, 6.07) is 6.74. The van der Waals surface area contributed by atoms with Gasteiger partial charge in [0.25, 0.3) is 0 Å². The normalized spacial score (nSPS) is 29.5. The third kappa shape index (κ3) is 3.62. The van der Waals surface area contributed by atoms with Crippen molar-refractivity contribution >= 4 is 0 Å². The van der Waals surface area contributed by atoms with Gasteiger partial charge in [0.1, 0.15) is 0 Å². The molecule has 4 heteroatoms. The number of fused-ring (bicyclic) bond motifs is 1. The van der Waals surface area contributed by atoms with Crippen molar-refractivity contribution in [3.05, 3.63) is 30.1 Å². The van der Waals surface area contributed by atoms with E-state index in [1.165, 1.54) is 6.42 Å². The van der Waals surface area contributed by atoms with E-state index in [-0.39, 0.29) is 0 Å². The fourth-order valence-electron chi connectivity index (χ4n) is 3.45. The van der Waals surface area contributed by atoms with E-state index < -0.39 is 0 Å². The third-order valence-electron chi connectivity index (χ3n) is 4.87. The molecule has 3 atom stereocenters. The summed E-state index contributed by atoms with van der Waals surface area (Å²) in [6.07, 6.45) is 3.93. The Morgan fingerprint density at radius 2 is 2.24 bits per heavy atom. The molecule has 2 saturated heterocycles. The number of nitrogens with zero attached hydrogens (tertiary/aromatic N) is 3. The van der Waals surface area contributed by atoms with Gasteiger partial charge in [-0.25, -0.2) is 0 Å². The van der Waals surface area contributed by atoms with Gasteiger partial charge < -0.3 is 9.64 Å². The second-order valence-corrected chi connectivity index (χ2v) is 6.84. The number of hydrogen-bond donors (Lipinski definition) is 0. The highest BCUT2D eigenvalue weighted by Crippen LogP contribution is 2.33. The largest absolute Gasteiger partial charge is 0.372 e. The standard InChI is InChI=1S/C17H27N3O/c1-13(2)19(3)11-16-8-14-9-20(12-17(14)21-16)10-15-6-4-5-7-18-15/h4-7,13-14,16-17H,8-12H2,1-3H3/t14-,16-,17+/m0/s1. The highest BCUT2D eigenvalue weighted by molar-refractivity contribution is 5.04. The molecule has 0 spiro atoms. The number of hydrogen-bond acceptors (Lipinski definition) is 4. The second kappa shape index (κ2) is 6.42. The van der Waals surface area contributed by atoms with Crippen molar-refractivity contribution in [3.63, 3.8) is 0 Å². The summed E-state index contributed by atoms with van der Waals surface area (Å²) in [5.41, 5.74) is 1.16. The monoisotopic (exact) mass is 289 g/mol. The van der Waals surface area contributed by atoms with Crippen molar-refractivity contribution < 1.29 is 4.74 Å². The molecule has 0 radical (unpaired) electrons. The van der Waals surface area contributed by atoms with Crippen LogP contribution >= 0.6 is 0 Å². The average molecular weight is 289 g/mol. The number of pyridine rings is 1. The third-order valence-corrected chi connectivity index (χ3v) is 4.87. The fourth-order valence-corrected chi connectivity index (χ4v) is 3.45. The number of rotatable bonds is 5. The van der Waals surface area contributed by atoms with E-state index >= 15 is 0 Å². The van der Waals surface area contributed by atoms with Crippen molar-refractivity contribution in [2.45, 2.75) is 45.1 Å². The molecule has 2 aliphatic heterocycles. The first-order chi connectivity index (χ1) is 10.1. The van der Waals surface area contributed by atoms with E-state index in [0.29, 0.717) is 24.2 Å². The molecule has 2 fully saturated rings. The Bertz CT molecular complexity index is 437. The zero-order valence-electron chi connectivity index (χ0n) is 13.4. The summed E-state index contributed by atoms with van der Waals surface area (Å²) in [6.45, 7) is 8.71. The zero-order valence-corrected chi connectivity index (χ0v) is 13.4. The van der Waals surface area contributed by atoms with Gasteiger partial charge in [-0.1, -0.05) is 6.07 Å². The predicted molar refractivity (Wildman–Crippen MR) is 84.0 cm³/mol. The first kappa shape index (κ1) is 14.9. The first-order valence-electron chi connectivity index (χ1n) is 8.10. The van der Waals surface area contributed by atoms with Crippen molar-refractivity contribution in [1.29, 1.82) is 0 Å². The SMILES string of the molecule is CC(C)N(C)C[C@@H]1C[C@H]2CN(Cc3ccccn3)C[C@H]2O1. The smallest absolute Gasteiger partial charge is 0.0747 e. The van der Waals surface area contributed by atoms with Gasteiger partial charge in [0.15, 0.2) is 0 Å². The summed E-state index contributed by atoms with van der Waals surface area (Å²) in [7, 11) is 2.19. The van der Waals surface area contributed by atoms with E-state index in [1.54, 1.807) is 0 Å². The highest BCUT2D eigenvalue weighted by Gasteiger charge is 2.42. The highest BCUT2D eigenvalue weighted by atomic mass is 16.5. The van der Waals surface area contributed by atoms with Crippen LogP contribution in [0.25, 0.3) is 0 Å². The van der Waals surface area contributed by atoms with Crippen LogP contribution in [0, 0.1) is 5.92 Å². The van der Waals surface area contributed by atoms with Crippen LogP contribution in [-0.4, -0.2) is 59.7 Å². The Hall–Kier alpha value is -0.970. The molecule has 3 rings (SSSR count). The molecule has 4 nitrogen and oxygen atoms in total. The maximum atomic E-state index is 6.27. The van der Waals surface area contributed by atoms with Gasteiger partial charge in [0.2, 0.25) is 0 Å². The quantitative estimate of drug-likeness (QED) is 0.829. The van der Waals surface area contributed by atoms with Gasteiger partial charge in [-0.2, -0.15) is 0 Å². The van der Waals surface area contributed by atoms with Gasteiger partial charge in [-0.3, -0.25) is 9.88 Å². The molecule has 3 heterocycles. The molecule has 2 aliphatic rings. The lowest BCUT2D eigenvalue weighted by Gasteiger charge is -2.25. The minimum absolute atomic E-state index is 0.421. The first-order valence-corrected chi connectivity index (χ1v) is 8.10. The number of likely N-dealkylation sites (N-methyl/N-ethyl adjacent to an activating group) is 1. The lowest BCUT2D eigenvalue weighted by molar-refractivity contribution is 0.0170.